The lowest BCUT2D eigenvalue weighted by molar-refractivity contribution is -0.121. The fourth-order valence-electron chi connectivity index (χ4n) is 3.02. The molecule has 29 heavy (non-hydrogen) atoms. The summed E-state index contributed by atoms with van der Waals surface area (Å²) in [6.07, 6.45) is 3.29. The minimum atomic E-state index is -0.391. The molecule has 7 nitrogen and oxygen atoms in total. The van der Waals surface area contributed by atoms with Crippen molar-refractivity contribution >= 4 is 11.7 Å². The molecule has 0 saturated carbocycles. The van der Waals surface area contributed by atoms with Crippen molar-refractivity contribution in [1.29, 1.82) is 0 Å². The highest BCUT2D eigenvalue weighted by atomic mass is 19.1. The van der Waals surface area contributed by atoms with Crippen LogP contribution in [0.4, 0.5) is 10.2 Å². The Morgan fingerprint density at radius 1 is 1.21 bits per heavy atom. The predicted octanol–water partition coefficient (Wildman–Crippen LogP) is 2.80. The molecule has 152 valence electrons. The number of halogens is 1. The van der Waals surface area contributed by atoms with E-state index in [1.807, 2.05) is 26.8 Å². The Balaban J connectivity index is 2.13. The molecule has 0 fully saturated rings. The van der Waals surface area contributed by atoms with E-state index in [1.165, 1.54) is 33.4 Å². The molecule has 0 bridgehead atoms. The van der Waals surface area contributed by atoms with E-state index in [-0.39, 0.29) is 24.2 Å². The highest BCUT2D eigenvalue weighted by Gasteiger charge is 2.17. The Kier molecular flexibility index (Phi) is 6.11. The zero-order valence-electron chi connectivity index (χ0n) is 16.6. The zero-order valence-corrected chi connectivity index (χ0v) is 16.6. The molecule has 0 aliphatic heterocycles. The van der Waals surface area contributed by atoms with Crippen LogP contribution in [-0.2, 0) is 11.3 Å². The molecule has 8 heteroatoms. The van der Waals surface area contributed by atoms with Gasteiger partial charge in [0, 0.05) is 30.5 Å². The van der Waals surface area contributed by atoms with Crippen LogP contribution in [0.3, 0.4) is 0 Å². The Morgan fingerprint density at radius 2 is 1.93 bits per heavy atom. The van der Waals surface area contributed by atoms with E-state index in [0.717, 1.165) is 5.56 Å². The number of nitrogens with one attached hydrogen (secondary N) is 2. The number of hydrogen-bond acceptors (Lipinski definition) is 4. The van der Waals surface area contributed by atoms with E-state index in [4.69, 9.17) is 0 Å². The number of carbonyl (C=O) groups excluding carboxylic acids is 1. The van der Waals surface area contributed by atoms with Crippen molar-refractivity contribution in [2.45, 2.75) is 33.4 Å². The molecule has 0 radical (unpaired) electrons. The third-order valence-electron chi connectivity index (χ3n) is 4.22. The third-order valence-corrected chi connectivity index (χ3v) is 4.22. The average molecular weight is 397 g/mol. The monoisotopic (exact) mass is 397 g/mol. The first-order chi connectivity index (χ1) is 13.9. The molecule has 0 spiro atoms. The summed E-state index contributed by atoms with van der Waals surface area (Å²) in [5.74, 6) is 0.0267. The number of anilines is 1. The van der Waals surface area contributed by atoms with Crippen LogP contribution in [0.15, 0.2) is 53.6 Å². The highest BCUT2D eigenvalue weighted by Crippen LogP contribution is 2.24. The highest BCUT2D eigenvalue weighted by molar-refractivity contribution is 5.76. The molecular weight excluding hydrogens is 373 g/mol. The fourth-order valence-corrected chi connectivity index (χ4v) is 3.02. The summed E-state index contributed by atoms with van der Waals surface area (Å²) < 4.78 is 16.2. The maximum absolute atomic E-state index is 13.4. The third kappa shape index (κ3) is 4.71. The molecule has 0 unspecified atom stereocenters. The number of amides is 1. The quantitative estimate of drug-likeness (QED) is 0.642. The SMILES string of the molecule is CCNC(=O)Cn1cc(-c2ccnc(NC(C)C)c2)n(-c2ccc(F)cc2)c1=O. The summed E-state index contributed by atoms with van der Waals surface area (Å²) in [6.45, 7) is 6.21. The van der Waals surface area contributed by atoms with E-state index < -0.39 is 5.82 Å². The Hall–Kier alpha value is -3.42. The van der Waals surface area contributed by atoms with Gasteiger partial charge in [0.2, 0.25) is 5.91 Å². The van der Waals surface area contributed by atoms with Crippen LogP contribution < -0.4 is 16.3 Å². The van der Waals surface area contributed by atoms with Gasteiger partial charge in [-0.2, -0.15) is 0 Å². The largest absolute Gasteiger partial charge is 0.368 e. The van der Waals surface area contributed by atoms with Gasteiger partial charge >= 0.3 is 5.69 Å². The molecule has 0 aliphatic rings. The average Bonchev–Trinajstić information content (AvgIpc) is 2.99. The second-order valence-corrected chi connectivity index (χ2v) is 6.92. The van der Waals surface area contributed by atoms with E-state index >= 15 is 0 Å². The number of imidazole rings is 1. The molecule has 0 aliphatic carbocycles. The van der Waals surface area contributed by atoms with Gasteiger partial charge in [0.05, 0.1) is 11.4 Å². The summed E-state index contributed by atoms with van der Waals surface area (Å²) in [4.78, 5) is 29.4. The number of aromatic nitrogens is 3. The smallest absolute Gasteiger partial charge is 0.333 e. The lowest BCUT2D eigenvalue weighted by Gasteiger charge is -2.11. The van der Waals surface area contributed by atoms with Crippen LogP contribution in [0.5, 0.6) is 0 Å². The number of rotatable bonds is 7. The van der Waals surface area contributed by atoms with Crippen molar-refractivity contribution in [1.82, 2.24) is 19.4 Å². The van der Waals surface area contributed by atoms with Crippen LogP contribution in [0, 0.1) is 5.82 Å². The lowest BCUT2D eigenvalue weighted by atomic mass is 10.2. The lowest BCUT2D eigenvalue weighted by Crippen LogP contribution is -2.32. The summed E-state index contributed by atoms with van der Waals surface area (Å²) in [5, 5.41) is 5.92. The van der Waals surface area contributed by atoms with Gasteiger partial charge in [-0.05, 0) is 57.2 Å². The standard InChI is InChI=1S/C21H24FN5O2/c1-4-23-20(28)13-26-12-18(15-9-10-24-19(11-15)25-14(2)3)27(21(26)29)17-7-5-16(22)6-8-17/h5-12,14H,4,13H2,1-3H3,(H,23,28)(H,24,25). The van der Waals surface area contributed by atoms with Gasteiger partial charge in [0.1, 0.15) is 18.2 Å². The number of benzene rings is 1. The molecule has 3 rings (SSSR count). The fraction of sp³-hybridized carbons (Fsp3) is 0.286. The van der Waals surface area contributed by atoms with E-state index in [2.05, 4.69) is 15.6 Å². The first-order valence-electron chi connectivity index (χ1n) is 9.46. The number of nitrogens with zero attached hydrogens (tertiary/aromatic N) is 3. The molecule has 2 heterocycles. The predicted molar refractivity (Wildman–Crippen MR) is 111 cm³/mol. The molecule has 0 atom stereocenters. The maximum Gasteiger partial charge on any atom is 0.333 e. The van der Waals surface area contributed by atoms with Gasteiger partial charge < -0.3 is 10.6 Å². The van der Waals surface area contributed by atoms with Gasteiger partial charge in [-0.25, -0.2) is 14.2 Å². The molecular formula is C21H24FN5O2. The molecule has 1 amide bonds. The number of pyridine rings is 1. The van der Waals surface area contributed by atoms with Crippen molar-refractivity contribution in [3.8, 4) is 16.9 Å². The Morgan fingerprint density at radius 3 is 2.59 bits per heavy atom. The maximum atomic E-state index is 13.4. The second-order valence-electron chi connectivity index (χ2n) is 6.92. The molecule has 2 N–H and O–H groups in total. The first-order valence-corrected chi connectivity index (χ1v) is 9.46. The topological polar surface area (TPSA) is 81.0 Å². The molecule has 2 aromatic heterocycles. The summed E-state index contributed by atoms with van der Waals surface area (Å²) in [6, 6.07) is 9.48. The zero-order chi connectivity index (χ0) is 21.0. The minimum absolute atomic E-state index is 0.101. The number of likely N-dealkylation sites (N-methyl/N-ethyl adjacent to an activating group) is 1. The normalized spacial score (nSPS) is 10.9. The molecule has 1 aromatic carbocycles. The van der Waals surface area contributed by atoms with Crippen molar-refractivity contribution < 1.29 is 9.18 Å². The minimum Gasteiger partial charge on any atom is -0.368 e. The number of carbonyl (C=O) groups is 1. The van der Waals surface area contributed by atoms with E-state index in [9.17, 15) is 14.0 Å². The van der Waals surface area contributed by atoms with Crippen molar-refractivity contribution in [3.63, 3.8) is 0 Å². The van der Waals surface area contributed by atoms with Crippen LogP contribution in [0.25, 0.3) is 16.9 Å². The molecule has 3 aromatic rings. The van der Waals surface area contributed by atoms with Gasteiger partial charge in [0.15, 0.2) is 0 Å². The number of hydrogen-bond donors (Lipinski definition) is 2. The summed E-state index contributed by atoms with van der Waals surface area (Å²) >= 11 is 0. The van der Waals surface area contributed by atoms with Gasteiger partial charge in [-0.15, -0.1) is 0 Å². The summed E-state index contributed by atoms with van der Waals surface area (Å²) in [7, 11) is 0. The first kappa shape index (κ1) is 20.3. The van der Waals surface area contributed by atoms with Crippen LogP contribution in [0.2, 0.25) is 0 Å². The van der Waals surface area contributed by atoms with Gasteiger partial charge in [-0.3, -0.25) is 13.9 Å². The van der Waals surface area contributed by atoms with Crippen molar-refractivity contribution in [3.05, 3.63) is 65.1 Å². The Labute approximate surface area is 168 Å². The van der Waals surface area contributed by atoms with Crippen molar-refractivity contribution in [2.75, 3.05) is 11.9 Å². The second kappa shape index (κ2) is 8.72. The van der Waals surface area contributed by atoms with Crippen molar-refractivity contribution in [2.24, 2.45) is 0 Å². The molecule has 0 saturated heterocycles. The van der Waals surface area contributed by atoms with Gasteiger partial charge in [0.25, 0.3) is 0 Å². The van der Waals surface area contributed by atoms with E-state index in [1.54, 1.807) is 18.5 Å². The Bertz CT molecular complexity index is 1050. The van der Waals surface area contributed by atoms with Crippen LogP contribution in [0.1, 0.15) is 20.8 Å². The van der Waals surface area contributed by atoms with Crippen LogP contribution in [-0.4, -0.2) is 32.6 Å². The van der Waals surface area contributed by atoms with Gasteiger partial charge in [-0.1, -0.05) is 0 Å². The summed E-state index contributed by atoms with van der Waals surface area (Å²) in [5.41, 5.74) is 1.46. The van der Waals surface area contributed by atoms with E-state index in [0.29, 0.717) is 23.7 Å². The van der Waals surface area contributed by atoms with Crippen LogP contribution >= 0.6 is 0 Å².